The molecule has 0 spiro atoms. The molecule has 0 aliphatic carbocycles. The van der Waals surface area contributed by atoms with Crippen LogP contribution in [0, 0.1) is 50.4 Å². The number of hydrogen-bond donors (Lipinski definition) is 5. The van der Waals surface area contributed by atoms with Crippen molar-refractivity contribution in [2.45, 2.75) is 114 Å². The zero-order valence-corrected chi connectivity index (χ0v) is 54.7. The molecule has 0 radical (unpaired) electrons. The highest BCUT2D eigenvalue weighted by Gasteiger charge is 2.59. The lowest BCUT2D eigenvalue weighted by Crippen LogP contribution is -2.68. The van der Waals surface area contributed by atoms with Crippen LogP contribution >= 0.6 is 0 Å². The van der Waals surface area contributed by atoms with Crippen LogP contribution in [0.1, 0.15) is 102 Å². The molecule has 2 fully saturated rings. The maximum absolute atomic E-state index is 13.4. The molecule has 14 rings (SSSR count). The van der Waals surface area contributed by atoms with Gasteiger partial charge in [-0.3, -0.25) is 29.2 Å². The standard InChI is InChI=1S/C39H40N4O8.C35H36N4O6/c1-6-14-48-39(46)51-36-22(3)37-38(50-20-49-37)32-25(36)17-27-33-31-24(15-21(2)35(47-5)34(31)45)16-26(42(33)4)28(18-40)43(27)29(32)19-41-30(44)13-12-23-10-8-7-9-11-23;1-18-12-21-13-23-25(15-36)39-24(30(38(23)3)28(21)32(42)33(18)43-4)14-22-29(35-34(44-17-45-35)19(2)31(22)41)26(39)16-37-27(40)11-10-20-8-6-5-7-9-20/h6-13,15,26-29,33,45H,1,14,16-17,19-20H2,2-5H3,(H,41,44);5-12,23-26,30,41-42H,13-14,16-17H2,1-4H3,(H,37,40)/b13-12+;11-10+/t26-,27?,28-,29-,33-;23-,24?,25-,26-,30-/m00/s1. The molecular formula is C74H76N8O14. The van der Waals surface area contributed by atoms with Crippen molar-refractivity contribution in [2.24, 2.45) is 0 Å². The Morgan fingerprint density at radius 2 is 1.03 bits per heavy atom. The van der Waals surface area contributed by atoms with E-state index in [4.69, 9.17) is 37.9 Å². The first kappa shape index (κ1) is 64.5. The van der Waals surface area contributed by atoms with Gasteiger partial charge in [0.1, 0.15) is 30.2 Å². The van der Waals surface area contributed by atoms with Crippen LogP contribution in [0.5, 0.6) is 57.5 Å². The van der Waals surface area contributed by atoms with Gasteiger partial charge < -0.3 is 63.8 Å². The van der Waals surface area contributed by atoms with Crippen molar-refractivity contribution in [3.63, 3.8) is 0 Å². The highest BCUT2D eigenvalue weighted by atomic mass is 16.7. The van der Waals surface area contributed by atoms with Crippen LogP contribution in [0.4, 0.5) is 4.79 Å². The Morgan fingerprint density at radius 1 is 0.594 bits per heavy atom. The Balaban J connectivity index is 0.000000175. The number of phenolic OH excluding ortho intramolecular Hbond substituents is 3. The number of rotatable bonds is 13. The predicted molar refractivity (Wildman–Crippen MR) is 353 cm³/mol. The van der Waals surface area contributed by atoms with Crippen molar-refractivity contribution < 1.29 is 67.6 Å². The van der Waals surface area contributed by atoms with Crippen LogP contribution in [-0.2, 0) is 40.0 Å². The molecule has 0 saturated carbocycles. The first-order valence-corrected chi connectivity index (χ1v) is 32.1. The number of nitriles is 2. The molecule has 2 amide bonds. The van der Waals surface area contributed by atoms with Gasteiger partial charge in [-0.25, -0.2) is 4.79 Å². The number of aryl methyl sites for hydroxylation is 2. The minimum absolute atomic E-state index is 0.0183. The number of fused-ring (bicyclic) bond motifs is 18. The summed E-state index contributed by atoms with van der Waals surface area (Å²) in [5.74, 6) is 2.70. The van der Waals surface area contributed by atoms with Gasteiger partial charge in [0.25, 0.3) is 0 Å². The van der Waals surface area contributed by atoms with E-state index in [-0.39, 0.29) is 92.3 Å². The van der Waals surface area contributed by atoms with Crippen molar-refractivity contribution in [1.82, 2.24) is 30.2 Å². The molecular weight excluding hydrogens is 1220 g/mol. The lowest BCUT2D eigenvalue weighted by Gasteiger charge is -2.60. The van der Waals surface area contributed by atoms with Gasteiger partial charge in [-0.15, -0.1) is 0 Å². The summed E-state index contributed by atoms with van der Waals surface area (Å²) in [4.78, 5) is 48.1. The molecule has 5 N–H and O–H groups in total. The van der Waals surface area contributed by atoms with Crippen molar-refractivity contribution in [2.75, 3.05) is 61.6 Å². The summed E-state index contributed by atoms with van der Waals surface area (Å²) in [5, 5.41) is 62.7. The van der Waals surface area contributed by atoms with Gasteiger partial charge in [-0.1, -0.05) is 85.5 Å². The van der Waals surface area contributed by atoms with Crippen molar-refractivity contribution in [1.29, 1.82) is 10.5 Å². The molecule has 6 aromatic rings. The molecule has 10 atom stereocenters. The number of hydrogen-bond acceptors (Lipinski definition) is 20. The molecule has 8 aliphatic rings. The number of benzene rings is 6. The van der Waals surface area contributed by atoms with Crippen LogP contribution in [0.2, 0.25) is 0 Å². The largest absolute Gasteiger partial charge is 0.514 e. The minimum atomic E-state index is -0.908. The predicted octanol–water partition coefficient (Wildman–Crippen LogP) is 9.10. The molecule has 0 aromatic heterocycles. The molecule has 6 aromatic carbocycles. The maximum Gasteiger partial charge on any atom is 0.514 e. The highest BCUT2D eigenvalue weighted by molar-refractivity contribution is 5.92. The average molecular weight is 1300 g/mol. The van der Waals surface area contributed by atoms with Crippen molar-refractivity contribution in [3.05, 3.63) is 175 Å². The molecule has 8 heterocycles. The third-order valence-corrected chi connectivity index (χ3v) is 20.5. The minimum Gasteiger partial charge on any atom is -0.507 e. The quantitative estimate of drug-likeness (QED) is 0.0312. The number of phenols is 3. The first-order chi connectivity index (χ1) is 46.4. The molecule has 8 aliphatic heterocycles. The fraction of sp³-hybridized carbons (Fsp3) is 0.365. The summed E-state index contributed by atoms with van der Waals surface area (Å²) in [6.07, 6.45) is 8.78. The van der Waals surface area contributed by atoms with Gasteiger partial charge in [0.15, 0.2) is 46.0 Å². The van der Waals surface area contributed by atoms with Gasteiger partial charge in [-0.2, -0.15) is 10.5 Å². The van der Waals surface area contributed by atoms with E-state index in [0.717, 1.165) is 50.1 Å². The number of nitrogens with one attached hydrogen (secondary N) is 2. The number of carbonyl (C=O) groups is 3. The highest BCUT2D eigenvalue weighted by Crippen LogP contribution is 2.61. The summed E-state index contributed by atoms with van der Waals surface area (Å²) in [7, 11) is 7.05. The smallest absolute Gasteiger partial charge is 0.507 e. The molecule has 2 saturated heterocycles. The molecule has 2 unspecified atom stereocenters. The lowest BCUT2D eigenvalue weighted by atomic mass is 9.71. The fourth-order valence-corrected chi connectivity index (χ4v) is 16.4. The fourth-order valence-electron chi connectivity index (χ4n) is 16.4. The number of likely N-dealkylation sites (N-methyl/N-ethyl adjacent to an activating group) is 2. The Hall–Kier alpha value is -10.2. The summed E-state index contributed by atoms with van der Waals surface area (Å²) in [6.45, 7) is 11.2. The van der Waals surface area contributed by atoms with Crippen LogP contribution < -0.4 is 43.8 Å². The normalized spacial score (nSPS) is 23.9. The summed E-state index contributed by atoms with van der Waals surface area (Å²) in [5.41, 5.74) is 10.8. The van der Waals surface area contributed by atoms with Gasteiger partial charge >= 0.3 is 6.16 Å². The number of nitrogens with zero attached hydrogens (tertiary/aromatic N) is 6. The number of ether oxygens (including phenoxy) is 8. The van der Waals surface area contributed by atoms with Gasteiger partial charge in [-0.05, 0) is 113 Å². The summed E-state index contributed by atoms with van der Waals surface area (Å²) < 4.78 is 46.3. The summed E-state index contributed by atoms with van der Waals surface area (Å²) >= 11 is 0. The number of carbonyl (C=O) groups excluding carboxylic acids is 3. The van der Waals surface area contributed by atoms with Gasteiger partial charge in [0.2, 0.25) is 25.4 Å². The Kier molecular flexibility index (Phi) is 17.6. The number of amides is 2. The Labute approximate surface area is 556 Å². The van der Waals surface area contributed by atoms with E-state index < -0.39 is 42.4 Å². The van der Waals surface area contributed by atoms with E-state index in [1.165, 1.54) is 25.3 Å². The van der Waals surface area contributed by atoms with E-state index in [1.807, 2.05) is 94.7 Å². The van der Waals surface area contributed by atoms with Gasteiger partial charge in [0, 0.05) is 93.9 Å². The number of piperazine rings is 2. The van der Waals surface area contributed by atoms with E-state index in [1.54, 1.807) is 33.1 Å². The monoisotopic (exact) mass is 1300 g/mol. The lowest BCUT2D eigenvalue weighted by molar-refractivity contribution is -0.118. The third kappa shape index (κ3) is 10.9. The Morgan fingerprint density at radius 3 is 1.48 bits per heavy atom. The van der Waals surface area contributed by atoms with E-state index in [2.05, 4.69) is 55.0 Å². The zero-order chi connectivity index (χ0) is 67.5. The molecule has 4 bridgehead atoms. The number of aromatic hydroxyl groups is 3. The molecule has 96 heavy (non-hydrogen) atoms. The van der Waals surface area contributed by atoms with Crippen LogP contribution in [0.3, 0.4) is 0 Å². The zero-order valence-electron chi connectivity index (χ0n) is 54.7. The van der Waals surface area contributed by atoms with E-state index in [0.29, 0.717) is 88.0 Å². The second kappa shape index (κ2) is 26.2. The van der Waals surface area contributed by atoms with Crippen LogP contribution in [-0.4, -0.2) is 151 Å². The Bertz CT molecular complexity index is 4280. The maximum atomic E-state index is 13.4. The van der Waals surface area contributed by atoms with Crippen LogP contribution in [0.15, 0.2) is 97.6 Å². The SMILES string of the molecule is C=CCOC(=O)Oc1c(C)c2c(c3c1CC1[C@H]4c5c(cc(C)c(OC)c5O)C[C@@H]([C@H](C#N)N1[C@H]3CNC(=O)/C=C/c1ccccc1)N4C)OCO2.COc1c(C)cc2c(c1O)[C@@H]1C3Cc4c(O)c(C)c5c(c4[C@H](CNC(=O)/C=C/c4ccccc4)N3[C@@H](C#N)[C@H](C2)N1C)OCO5. The van der Waals surface area contributed by atoms with Gasteiger partial charge in [0.05, 0.1) is 50.5 Å². The molecule has 22 nitrogen and oxygen atoms in total. The van der Waals surface area contributed by atoms with Crippen molar-refractivity contribution >= 4 is 30.1 Å². The second-order valence-corrected chi connectivity index (χ2v) is 25.4. The first-order valence-electron chi connectivity index (χ1n) is 32.1. The molecule has 496 valence electrons. The average Bonchev–Trinajstić information content (AvgIpc) is 1.06. The van der Waals surface area contributed by atoms with Crippen molar-refractivity contribution in [3.8, 4) is 69.6 Å². The van der Waals surface area contributed by atoms with Crippen LogP contribution in [0.25, 0.3) is 12.2 Å². The van der Waals surface area contributed by atoms with E-state index >= 15 is 0 Å². The third-order valence-electron chi connectivity index (χ3n) is 20.5. The summed E-state index contributed by atoms with van der Waals surface area (Å²) in [6, 6.07) is 24.2. The van der Waals surface area contributed by atoms with E-state index in [9.17, 15) is 40.2 Å². The topological polar surface area (TPSA) is 270 Å². The second-order valence-electron chi connectivity index (χ2n) is 25.4. The number of methoxy groups -OCH3 is 2. The molecule has 22 heteroatoms.